The number of amides is 2. The van der Waals surface area contributed by atoms with Crippen LogP contribution in [-0.4, -0.2) is 92.2 Å². The van der Waals surface area contributed by atoms with Crippen LogP contribution in [0.4, 0.5) is 5.13 Å². The van der Waals surface area contributed by atoms with Crippen LogP contribution in [0.25, 0.3) is 10.2 Å². The minimum atomic E-state index is -1.33. The molecule has 1 fully saturated rings. The Balaban J connectivity index is 0.895. The van der Waals surface area contributed by atoms with E-state index in [1.165, 1.54) is 58.0 Å². The number of methoxy groups -OCH3 is 1. The van der Waals surface area contributed by atoms with Crippen LogP contribution in [0.3, 0.4) is 0 Å². The molecular weight excluding hydrogens is 1140 g/mol. The molecule has 20 heteroatoms. The third-order valence-electron chi connectivity index (χ3n) is 14.1. The molecule has 16 nitrogen and oxygen atoms in total. The number of oxime groups is 1. The second kappa shape index (κ2) is 26.3. The zero-order valence-electron chi connectivity index (χ0n) is 45.5. The fraction of sp³-hybridized carbons (Fsp3) is 0.188. The predicted molar refractivity (Wildman–Crippen MR) is 325 cm³/mol. The summed E-state index contributed by atoms with van der Waals surface area (Å²) in [7, 11) is 1.57. The summed E-state index contributed by atoms with van der Waals surface area (Å²) in [5.41, 5.74) is 5.29. The molecule has 11 rings (SSSR count). The number of β-lactam (4-membered cyclic amide) rings is 1. The maximum atomic E-state index is 15.0. The van der Waals surface area contributed by atoms with Crippen LogP contribution in [0, 0.1) is 0 Å². The number of hydrogen-bond donors (Lipinski definition) is 3. The topological polar surface area (TPSA) is 195 Å². The number of benzene rings is 6. The zero-order chi connectivity index (χ0) is 58.0. The van der Waals surface area contributed by atoms with Gasteiger partial charge in [-0.15, -0.1) is 34.4 Å². The maximum Gasteiger partial charge on any atom is 0.355 e. The molecule has 1 saturated heterocycles. The molecular formula is C64H56N7O9S4+. The lowest BCUT2D eigenvalue weighted by molar-refractivity contribution is -0.696. The van der Waals surface area contributed by atoms with Crippen molar-refractivity contribution in [2.24, 2.45) is 5.16 Å². The lowest BCUT2D eigenvalue weighted by Crippen LogP contribution is -2.71. The first-order valence-electron chi connectivity index (χ1n) is 26.9. The van der Waals surface area contributed by atoms with Gasteiger partial charge in [-0.05, 0) is 58.0 Å². The maximum absolute atomic E-state index is 15.0. The number of hydrogen-bond acceptors (Lipinski definition) is 17. The highest BCUT2D eigenvalue weighted by Gasteiger charge is 2.55. The number of ether oxygens (including phenoxy) is 3. The lowest BCUT2D eigenvalue weighted by Gasteiger charge is -2.49. The SMILES string of the molecule is COc1ccc(COC(=O)C2=C(CSc3nc4c[n+](CCO)ccc4s3)CS[C@H]3C(NC(=O)/C(=N\O[C@@H](C)C(=O)OC(c4ccccc4)c4ccccc4)c4csc(NC(c5ccccc5)(c5ccccc5)c5ccccc5)n4)C(=O)N23)cc1. The Morgan fingerprint density at radius 3 is 2.02 bits per heavy atom. The quantitative estimate of drug-likeness (QED) is 0.0104. The number of aliphatic hydroxyl groups excluding tert-OH is 1. The molecule has 0 radical (unpaired) electrons. The summed E-state index contributed by atoms with van der Waals surface area (Å²) in [6.07, 6.45) is 1.67. The molecule has 0 spiro atoms. The van der Waals surface area contributed by atoms with Gasteiger partial charge >= 0.3 is 11.9 Å². The Morgan fingerprint density at radius 1 is 0.821 bits per heavy atom. The van der Waals surface area contributed by atoms with Crippen molar-refractivity contribution in [3.8, 4) is 5.75 Å². The van der Waals surface area contributed by atoms with Crippen molar-refractivity contribution < 1.29 is 47.9 Å². The number of nitrogens with zero attached hydrogens (tertiary/aromatic N) is 5. The normalized spacial score (nSPS) is 15.5. The van der Waals surface area contributed by atoms with Crippen molar-refractivity contribution >= 4 is 91.0 Å². The summed E-state index contributed by atoms with van der Waals surface area (Å²) in [5, 5.41) is 21.9. The molecule has 0 saturated carbocycles. The second-order valence-electron chi connectivity index (χ2n) is 19.5. The molecule has 424 valence electrons. The number of aromatic nitrogens is 3. The van der Waals surface area contributed by atoms with Gasteiger partial charge in [-0.2, -0.15) is 0 Å². The fourth-order valence-electron chi connectivity index (χ4n) is 9.85. The van der Waals surface area contributed by atoms with Gasteiger partial charge in [0.25, 0.3) is 11.8 Å². The first-order valence-corrected chi connectivity index (χ1v) is 30.6. The molecule has 9 aromatic rings. The molecule has 2 aliphatic rings. The third-order valence-corrected chi connectivity index (χ3v) is 18.5. The van der Waals surface area contributed by atoms with Crippen molar-refractivity contribution in [1.82, 2.24) is 20.2 Å². The standard InChI is InChI=1S/C64H55N7O9S4/c1-41(60(75)79-56(43-18-8-3-9-19-43)44-20-10-4-11-21-44)80-69-53(51-40-82-62(65-51)68-64(46-22-12-5-13-23-46,47-24-14-6-15-25-47)48-26-16-7-17-27-48)57(73)67-54-58(74)71-55(61(76)78-37-42-28-30-49(77-2)31-29-42)45(38-81-59(54)71)39-83-63-66-50-36-70(34-35-72)33-32-52(50)84-63/h3-33,36,40-41,54,56,59,72H,34-35,37-39H2,1-2H3,(H-,65,67,68,73)/p+1/b69-53-/t41-,54?,59-/m0/s1. The Hall–Kier alpha value is -8.66. The van der Waals surface area contributed by atoms with Crippen LogP contribution < -0.4 is 19.9 Å². The number of thiazole rings is 2. The van der Waals surface area contributed by atoms with Crippen LogP contribution in [-0.2, 0) is 52.2 Å². The highest BCUT2D eigenvalue weighted by molar-refractivity contribution is 8.02. The molecule has 3 N–H and O–H groups in total. The van der Waals surface area contributed by atoms with E-state index in [1.54, 1.807) is 36.8 Å². The number of thioether (sulfide) groups is 2. The number of rotatable bonds is 23. The number of carbonyl (C=O) groups excluding carboxylic acids is 4. The van der Waals surface area contributed by atoms with Gasteiger partial charge in [0, 0.05) is 23.0 Å². The van der Waals surface area contributed by atoms with E-state index in [1.807, 2.05) is 175 Å². The van der Waals surface area contributed by atoms with E-state index in [9.17, 15) is 19.5 Å². The van der Waals surface area contributed by atoms with Crippen molar-refractivity contribution in [2.75, 3.05) is 30.5 Å². The molecule has 0 aliphatic carbocycles. The van der Waals surface area contributed by atoms with Gasteiger partial charge in [-0.3, -0.25) is 14.5 Å². The summed E-state index contributed by atoms with van der Waals surface area (Å²) >= 11 is 5.57. The highest BCUT2D eigenvalue weighted by atomic mass is 32.2. The molecule has 3 aromatic heterocycles. The van der Waals surface area contributed by atoms with Crippen molar-refractivity contribution in [3.63, 3.8) is 0 Å². The van der Waals surface area contributed by atoms with Gasteiger partial charge in [-0.25, -0.2) is 24.1 Å². The molecule has 5 heterocycles. The Kier molecular flexibility index (Phi) is 17.9. The van der Waals surface area contributed by atoms with Crippen LogP contribution in [0.1, 0.15) is 52.1 Å². The number of aliphatic hydroxyl groups is 1. The Bertz CT molecular complexity index is 3700. The van der Waals surface area contributed by atoms with E-state index in [0.29, 0.717) is 40.1 Å². The van der Waals surface area contributed by atoms with Crippen LogP contribution in [0.15, 0.2) is 221 Å². The van der Waals surface area contributed by atoms with Crippen molar-refractivity contribution in [1.29, 1.82) is 0 Å². The highest BCUT2D eigenvalue weighted by Crippen LogP contribution is 2.44. The smallest absolute Gasteiger partial charge is 0.355 e. The van der Waals surface area contributed by atoms with Crippen LogP contribution >= 0.6 is 46.2 Å². The van der Waals surface area contributed by atoms with E-state index in [2.05, 4.69) is 15.8 Å². The number of pyridine rings is 1. The summed E-state index contributed by atoms with van der Waals surface area (Å²) in [6.45, 7) is 1.83. The lowest BCUT2D eigenvalue weighted by atomic mass is 9.77. The molecule has 0 bridgehead atoms. The summed E-state index contributed by atoms with van der Waals surface area (Å²) in [4.78, 5) is 75.3. The average molecular weight is 1200 g/mol. The number of anilines is 1. The average Bonchev–Trinajstić information content (AvgIpc) is 1.26. The number of carbonyl (C=O) groups is 4. The van der Waals surface area contributed by atoms with E-state index >= 15 is 4.79 Å². The summed E-state index contributed by atoms with van der Waals surface area (Å²) < 4.78 is 21.0. The zero-order valence-corrected chi connectivity index (χ0v) is 48.7. The van der Waals surface area contributed by atoms with Crippen molar-refractivity contribution in [2.45, 2.75) is 53.6 Å². The van der Waals surface area contributed by atoms with Crippen molar-refractivity contribution in [3.05, 3.63) is 250 Å². The molecule has 6 aromatic carbocycles. The number of esters is 2. The Labute approximate surface area is 501 Å². The van der Waals surface area contributed by atoms with Gasteiger partial charge in [0.1, 0.15) is 52.8 Å². The van der Waals surface area contributed by atoms with Gasteiger partial charge in [0.15, 0.2) is 40.2 Å². The van der Waals surface area contributed by atoms with Gasteiger partial charge in [0.2, 0.25) is 6.10 Å². The molecule has 2 aliphatic heterocycles. The second-order valence-corrected chi connectivity index (χ2v) is 23.7. The predicted octanol–water partition coefficient (Wildman–Crippen LogP) is 10.1. The van der Waals surface area contributed by atoms with E-state index < -0.39 is 52.9 Å². The largest absolute Gasteiger partial charge is 0.497 e. The number of fused-ring (bicyclic) bond motifs is 2. The molecule has 1 unspecified atom stereocenters. The van der Waals surface area contributed by atoms with Gasteiger partial charge in [0.05, 0.1) is 11.8 Å². The first-order chi connectivity index (χ1) is 41.1. The molecule has 2 amide bonds. The Morgan fingerprint density at radius 2 is 1.43 bits per heavy atom. The van der Waals surface area contributed by atoms with Crippen LogP contribution in [0.5, 0.6) is 5.75 Å². The van der Waals surface area contributed by atoms with E-state index in [4.69, 9.17) is 29.0 Å². The first kappa shape index (κ1) is 57.2. The molecule has 84 heavy (non-hydrogen) atoms. The monoisotopic (exact) mass is 1190 g/mol. The third kappa shape index (κ3) is 12.5. The minimum absolute atomic E-state index is 0.00991. The number of nitrogens with one attached hydrogen (secondary N) is 2. The summed E-state index contributed by atoms with van der Waals surface area (Å²) in [5.74, 6) is -1.52. The van der Waals surface area contributed by atoms with E-state index in [0.717, 1.165) is 42.4 Å². The molecule has 3 atom stereocenters. The van der Waals surface area contributed by atoms with Gasteiger partial charge in [-0.1, -0.05) is 181 Å². The van der Waals surface area contributed by atoms with Crippen LogP contribution in [0.2, 0.25) is 0 Å². The summed E-state index contributed by atoms with van der Waals surface area (Å²) in [6, 6.07) is 56.6. The fourth-order valence-corrected chi connectivity index (χ4v) is 14.1. The van der Waals surface area contributed by atoms with Gasteiger partial charge < -0.3 is 34.8 Å². The minimum Gasteiger partial charge on any atom is -0.497 e. The van der Waals surface area contributed by atoms with E-state index in [-0.39, 0.29) is 30.3 Å².